The topological polar surface area (TPSA) is 223 Å². The molecule has 1 N–H and O–H groups in total. The zero-order valence-corrected chi connectivity index (χ0v) is 45.7. The van der Waals surface area contributed by atoms with Gasteiger partial charge < -0.3 is 66.8 Å². The number of likely N-dealkylation sites (N-methyl/N-ethyl adjacent to an activating group) is 1. The summed E-state index contributed by atoms with van der Waals surface area (Å²) in [5, 5.41) is 12.5. The second-order valence-electron chi connectivity index (χ2n) is 20.2. The van der Waals surface area contributed by atoms with Crippen LogP contribution in [0.3, 0.4) is 0 Å². The van der Waals surface area contributed by atoms with Crippen LogP contribution in [0, 0.1) is 11.8 Å². The van der Waals surface area contributed by atoms with Gasteiger partial charge in [-0.1, -0.05) is 51.1 Å². The van der Waals surface area contributed by atoms with E-state index < -0.39 is 134 Å². The van der Waals surface area contributed by atoms with Crippen molar-refractivity contribution in [1.29, 1.82) is 0 Å². The minimum Gasteiger partial charge on any atom is -0.463 e. The lowest BCUT2D eigenvalue weighted by Gasteiger charge is -2.51. The number of benzene rings is 1. The highest BCUT2D eigenvalue weighted by Crippen LogP contribution is 2.40. The van der Waals surface area contributed by atoms with Crippen molar-refractivity contribution in [2.45, 2.75) is 205 Å². The molecule has 16 atom stereocenters. The highest BCUT2D eigenvalue weighted by molar-refractivity contribution is 5.73. The Morgan fingerprint density at radius 2 is 1.51 bits per heavy atom. The van der Waals surface area contributed by atoms with Gasteiger partial charge in [-0.15, -0.1) is 0 Å². The summed E-state index contributed by atoms with van der Waals surface area (Å²) in [6.45, 7) is 16.4. The fourth-order valence-corrected chi connectivity index (χ4v) is 10.3. The third-order valence-electron chi connectivity index (χ3n) is 14.1. The third kappa shape index (κ3) is 18.2. The number of aliphatic hydroxyl groups is 1. The van der Waals surface area contributed by atoms with Crippen molar-refractivity contribution >= 4 is 29.8 Å². The molecule has 0 aromatic heterocycles. The molecule has 0 aliphatic carbocycles. The van der Waals surface area contributed by atoms with Gasteiger partial charge in [0.05, 0.1) is 30.8 Å². The maximum absolute atomic E-state index is 14.0. The SMILES string of the molecule is CCC(=O)OC1C(C)OC(OC2C(C)OC(O[C@@H]3C(OC)[C@H](OC(=O)CC)CC(=O)O[C@H](C)CCN(CCc4ccccc4)C[C@H](OC(C)=O)[C@H](C)C[C@@H]3CC(OC)OC)C(O)C2N(C)C)CC1(C)OC(C)=O. The number of carbonyl (C=O) groups excluding carboxylic acids is 5. The van der Waals surface area contributed by atoms with E-state index in [4.69, 9.17) is 56.8 Å². The number of methoxy groups -OCH3 is 3. The van der Waals surface area contributed by atoms with Crippen LogP contribution in [0.25, 0.3) is 0 Å². The second kappa shape index (κ2) is 29.5. The van der Waals surface area contributed by atoms with Crippen LogP contribution in [0.2, 0.25) is 0 Å². The van der Waals surface area contributed by atoms with Gasteiger partial charge in [0, 0.05) is 80.5 Å². The van der Waals surface area contributed by atoms with Gasteiger partial charge in [-0.05, 0) is 78.5 Å². The number of rotatable bonds is 19. The van der Waals surface area contributed by atoms with Gasteiger partial charge in [0.25, 0.3) is 0 Å². The number of hydrogen-bond acceptors (Lipinski definition) is 20. The molecule has 3 heterocycles. The molecule has 1 aromatic rings. The summed E-state index contributed by atoms with van der Waals surface area (Å²) in [5.41, 5.74) is -0.195. The summed E-state index contributed by atoms with van der Waals surface area (Å²) in [5.74, 6) is -3.75. The largest absolute Gasteiger partial charge is 0.463 e. The summed E-state index contributed by atoms with van der Waals surface area (Å²) in [7, 11) is 7.97. The van der Waals surface area contributed by atoms with E-state index in [2.05, 4.69) is 17.0 Å². The summed E-state index contributed by atoms with van der Waals surface area (Å²) in [4.78, 5) is 69.1. The van der Waals surface area contributed by atoms with Gasteiger partial charge in [0.2, 0.25) is 0 Å². The Labute approximate surface area is 432 Å². The lowest BCUT2D eigenvalue weighted by atomic mass is 9.81. The summed E-state index contributed by atoms with van der Waals surface area (Å²) in [6, 6.07) is 9.24. The summed E-state index contributed by atoms with van der Waals surface area (Å²) >= 11 is 0. The zero-order valence-electron chi connectivity index (χ0n) is 45.7. The Morgan fingerprint density at radius 1 is 0.849 bits per heavy atom. The monoisotopic (exact) mass is 1040 g/mol. The quantitative estimate of drug-likeness (QED) is 0.112. The molecule has 4 rings (SSSR count). The average Bonchev–Trinajstić information content (AvgIpc) is 3.32. The van der Waals surface area contributed by atoms with Crippen molar-refractivity contribution in [1.82, 2.24) is 9.80 Å². The number of ether oxygens (including phenoxy) is 12. The fourth-order valence-electron chi connectivity index (χ4n) is 10.3. The minimum absolute atomic E-state index is 0.00932. The van der Waals surface area contributed by atoms with Crippen molar-refractivity contribution in [3.8, 4) is 0 Å². The van der Waals surface area contributed by atoms with E-state index in [-0.39, 0.29) is 31.6 Å². The van der Waals surface area contributed by atoms with E-state index >= 15 is 0 Å². The first-order chi connectivity index (χ1) is 34.6. The molecular formula is C53H86N2O18. The van der Waals surface area contributed by atoms with Crippen LogP contribution < -0.4 is 0 Å². The standard InChI is InChI=1S/C53H86N2O18/c1-15-41(58)69-39-28-43(60)65-32(4)22-24-55(25-23-37-20-18-17-19-21-37)30-40(68-35(7)56)31(3)26-38(27-44(62-12)63-13)49(50(39)64-14)72-52-47(61)46(54(10)11)48(33(5)67-52)71-45-29-53(9,73-36(8)57)51(34(6)66-45)70-42(59)16-2/h17-21,31-34,38-40,44-52,61H,15-16,22-30H2,1-14H3/t31-,32-,33?,34?,38-,39-,40+,45?,46?,47?,48?,49+,50?,51?,52?,53?/m1/s1. The first-order valence-electron chi connectivity index (χ1n) is 25.8. The Hall–Kier alpha value is -3.83. The van der Waals surface area contributed by atoms with Crippen LogP contribution in [0.5, 0.6) is 0 Å². The molecule has 0 saturated carbocycles. The Kier molecular flexibility index (Phi) is 24.9. The number of hydrogen-bond donors (Lipinski definition) is 1. The van der Waals surface area contributed by atoms with Crippen molar-refractivity contribution in [2.24, 2.45) is 11.8 Å². The number of carbonyl (C=O) groups is 5. The van der Waals surface area contributed by atoms with Crippen molar-refractivity contribution in [3.05, 3.63) is 35.9 Å². The van der Waals surface area contributed by atoms with E-state index in [1.54, 1.807) is 60.5 Å². The van der Waals surface area contributed by atoms with Gasteiger partial charge >= 0.3 is 29.8 Å². The predicted octanol–water partition coefficient (Wildman–Crippen LogP) is 4.76. The molecule has 3 fully saturated rings. The normalized spacial score (nSPS) is 34.3. The Bertz CT molecular complexity index is 1870. The number of esters is 5. The van der Waals surface area contributed by atoms with Gasteiger partial charge in [-0.3, -0.25) is 28.9 Å². The molecule has 416 valence electrons. The van der Waals surface area contributed by atoms with E-state index in [9.17, 15) is 29.1 Å². The van der Waals surface area contributed by atoms with Crippen molar-refractivity contribution < 1.29 is 85.9 Å². The number of nitrogens with zero attached hydrogens (tertiary/aromatic N) is 2. The third-order valence-corrected chi connectivity index (χ3v) is 14.1. The molecule has 0 radical (unpaired) electrons. The molecule has 3 saturated heterocycles. The molecule has 20 nitrogen and oxygen atoms in total. The maximum Gasteiger partial charge on any atom is 0.309 e. The molecule has 3 aliphatic heterocycles. The highest BCUT2D eigenvalue weighted by atomic mass is 16.7. The predicted molar refractivity (Wildman–Crippen MR) is 264 cm³/mol. The lowest BCUT2D eigenvalue weighted by molar-refractivity contribution is -0.345. The Morgan fingerprint density at radius 3 is 2.10 bits per heavy atom. The van der Waals surface area contributed by atoms with Crippen LogP contribution in [-0.2, 0) is 87.2 Å². The Balaban J connectivity index is 1.80. The van der Waals surface area contributed by atoms with Gasteiger partial charge in [0.15, 0.2) is 30.6 Å². The van der Waals surface area contributed by atoms with E-state index in [1.807, 2.05) is 25.1 Å². The first-order valence-corrected chi connectivity index (χ1v) is 25.8. The van der Waals surface area contributed by atoms with Crippen molar-refractivity contribution in [3.63, 3.8) is 0 Å². The molecule has 3 aliphatic rings. The van der Waals surface area contributed by atoms with Crippen LogP contribution in [0.4, 0.5) is 0 Å². The van der Waals surface area contributed by atoms with Gasteiger partial charge in [0.1, 0.15) is 36.6 Å². The number of aliphatic hydroxyl groups excluding tert-OH is 1. The first kappa shape index (κ1) is 61.7. The number of cyclic esters (lactones) is 1. The molecule has 20 heteroatoms. The lowest BCUT2D eigenvalue weighted by Crippen LogP contribution is -2.66. The van der Waals surface area contributed by atoms with Gasteiger partial charge in [-0.2, -0.15) is 0 Å². The minimum atomic E-state index is -1.43. The average molecular weight is 1040 g/mol. The molecule has 0 amide bonds. The van der Waals surface area contributed by atoms with Crippen LogP contribution in [0.15, 0.2) is 30.3 Å². The maximum atomic E-state index is 14.0. The van der Waals surface area contributed by atoms with Crippen LogP contribution >= 0.6 is 0 Å². The summed E-state index contributed by atoms with van der Waals surface area (Å²) in [6.07, 6.45) is -11.5. The highest BCUT2D eigenvalue weighted by Gasteiger charge is 2.55. The molecule has 10 unspecified atom stereocenters. The smallest absolute Gasteiger partial charge is 0.309 e. The second-order valence-corrected chi connectivity index (χ2v) is 20.2. The van der Waals surface area contributed by atoms with E-state index in [1.165, 1.54) is 35.2 Å². The van der Waals surface area contributed by atoms with Crippen molar-refractivity contribution in [2.75, 3.05) is 55.1 Å². The molecule has 1 aromatic carbocycles. The van der Waals surface area contributed by atoms with Crippen LogP contribution in [0.1, 0.15) is 113 Å². The molecule has 73 heavy (non-hydrogen) atoms. The van der Waals surface area contributed by atoms with Crippen LogP contribution in [-0.4, -0.2) is 191 Å². The fraction of sp³-hybridized carbons (Fsp3) is 0.792. The molecule has 0 bridgehead atoms. The van der Waals surface area contributed by atoms with E-state index in [0.29, 0.717) is 32.5 Å². The zero-order chi connectivity index (χ0) is 54.2. The van der Waals surface area contributed by atoms with Gasteiger partial charge in [-0.25, -0.2) is 0 Å². The molecule has 0 spiro atoms. The van der Waals surface area contributed by atoms with E-state index in [0.717, 1.165) is 12.0 Å². The summed E-state index contributed by atoms with van der Waals surface area (Å²) < 4.78 is 74.3. The molecular weight excluding hydrogens is 953 g/mol.